The summed E-state index contributed by atoms with van der Waals surface area (Å²) in [4.78, 5) is 16.2. The van der Waals surface area contributed by atoms with Crippen LogP contribution in [0.1, 0.15) is 19.4 Å². The van der Waals surface area contributed by atoms with E-state index in [4.69, 9.17) is 9.47 Å². The lowest BCUT2D eigenvalue weighted by Gasteiger charge is -2.12. The topological polar surface area (TPSA) is 72.5 Å². The molecule has 134 valence electrons. The second kappa shape index (κ2) is 9.64. The molecule has 0 spiro atoms. The number of amides is 1. The van der Waals surface area contributed by atoms with Crippen molar-refractivity contribution in [1.82, 2.24) is 15.6 Å². The predicted molar refractivity (Wildman–Crippen MR) is 96.9 cm³/mol. The minimum atomic E-state index is -0.0774. The molecule has 0 saturated carbocycles. The van der Waals surface area contributed by atoms with Crippen molar-refractivity contribution in [2.75, 3.05) is 20.2 Å². The van der Waals surface area contributed by atoms with Crippen molar-refractivity contribution in [3.05, 3.63) is 48.2 Å². The molecule has 0 saturated heterocycles. The quantitative estimate of drug-likeness (QED) is 0.732. The van der Waals surface area contributed by atoms with Gasteiger partial charge in [0.05, 0.1) is 6.61 Å². The maximum Gasteiger partial charge on any atom is 0.224 e. The van der Waals surface area contributed by atoms with Crippen molar-refractivity contribution in [2.45, 2.75) is 20.4 Å². The molecule has 2 rings (SSSR count). The van der Waals surface area contributed by atoms with Crippen LogP contribution in [0, 0.1) is 5.92 Å². The zero-order valence-corrected chi connectivity index (χ0v) is 14.9. The highest BCUT2D eigenvalue weighted by Crippen LogP contribution is 2.23. The maximum absolute atomic E-state index is 12.0. The second-order valence-electron chi connectivity index (χ2n) is 5.69. The first-order chi connectivity index (χ1) is 12.1. The molecule has 1 aromatic heterocycles. The third-order valence-corrected chi connectivity index (χ3v) is 3.58. The van der Waals surface area contributed by atoms with Gasteiger partial charge in [0.2, 0.25) is 11.8 Å². The second-order valence-corrected chi connectivity index (χ2v) is 5.69. The number of nitrogens with zero attached hydrogens (tertiary/aromatic N) is 1. The number of hydrogen-bond acceptors (Lipinski definition) is 5. The average molecular weight is 343 g/mol. The minimum absolute atomic E-state index is 0.0140. The molecule has 6 nitrogen and oxygen atoms in total. The molecule has 2 aromatic rings. The zero-order chi connectivity index (χ0) is 18.1. The third kappa shape index (κ3) is 6.08. The summed E-state index contributed by atoms with van der Waals surface area (Å²) in [5.41, 5.74) is 0.931. The first-order valence-electron chi connectivity index (χ1n) is 8.40. The lowest BCUT2D eigenvalue weighted by molar-refractivity contribution is -0.124. The van der Waals surface area contributed by atoms with Gasteiger partial charge in [0, 0.05) is 31.3 Å². The summed E-state index contributed by atoms with van der Waals surface area (Å²) in [7, 11) is 1.83. The minimum Gasteiger partial charge on any atom is -0.494 e. The van der Waals surface area contributed by atoms with E-state index in [1.54, 1.807) is 6.20 Å². The van der Waals surface area contributed by atoms with E-state index in [0.717, 1.165) is 11.3 Å². The van der Waals surface area contributed by atoms with Gasteiger partial charge in [-0.15, -0.1) is 0 Å². The number of nitrogens with one attached hydrogen (secondary N) is 2. The van der Waals surface area contributed by atoms with E-state index in [-0.39, 0.29) is 11.8 Å². The molecule has 0 fully saturated rings. The van der Waals surface area contributed by atoms with Gasteiger partial charge in [-0.1, -0.05) is 6.92 Å². The van der Waals surface area contributed by atoms with E-state index in [1.165, 1.54) is 0 Å². The van der Waals surface area contributed by atoms with Gasteiger partial charge >= 0.3 is 0 Å². The van der Waals surface area contributed by atoms with Crippen molar-refractivity contribution in [1.29, 1.82) is 0 Å². The van der Waals surface area contributed by atoms with Gasteiger partial charge in [-0.25, -0.2) is 4.98 Å². The Kier molecular flexibility index (Phi) is 7.22. The number of pyridine rings is 1. The first kappa shape index (κ1) is 18.7. The average Bonchev–Trinajstić information content (AvgIpc) is 2.62. The first-order valence-corrected chi connectivity index (χ1v) is 8.40. The van der Waals surface area contributed by atoms with Gasteiger partial charge in [0.25, 0.3) is 0 Å². The monoisotopic (exact) mass is 343 g/mol. The number of carbonyl (C=O) groups excluding carboxylic acids is 1. The SMILES string of the molecule is CCOc1ccc(Oc2cc(CNC(=O)C(C)CNC)ccn2)cc1. The molecule has 6 heteroatoms. The Morgan fingerprint density at radius 2 is 1.92 bits per heavy atom. The molecule has 1 amide bonds. The molecule has 1 atom stereocenters. The largest absolute Gasteiger partial charge is 0.494 e. The number of rotatable bonds is 9. The molecule has 0 aliphatic rings. The van der Waals surface area contributed by atoms with E-state index in [1.807, 2.05) is 57.3 Å². The normalized spacial score (nSPS) is 11.6. The summed E-state index contributed by atoms with van der Waals surface area (Å²) in [6, 6.07) is 11.0. The molecule has 2 N–H and O–H groups in total. The van der Waals surface area contributed by atoms with E-state index >= 15 is 0 Å². The van der Waals surface area contributed by atoms with Crippen LogP contribution in [-0.2, 0) is 11.3 Å². The van der Waals surface area contributed by atoms with Crippen molar-refractivity contribution in [3.63, 3.8) is 0 Å². The molecule has 1 aromatic carbocycles. The van der Waals surface area contributed by atoms with E-state index < -0.39 is 0 Å². The summed E-state index contributed by atoms with van der Waals surface area (Å²) in [5.74, 6) is 1.90. The predicted octanol–water partition coefficient (Wildman–Crippen LogP) is 2.74. The summed E-state index contributed by atoms with van der Waals surface area (Å²) in [6.45, 7) is 5.54. The third-order valence-electron chi connectivity index (χ3n) is 3.58. The van der Waals surface area contributed by atoms with Crippen LogP contribution in [0.25, 0.3) is 0 Å². The Labute approximate surface area is 148 Å². The Morgan fingerprint density at radius 3 is 2.60 bits per heavy atom. The fraction of sp³-hybridized carbons (Fsp3) is 0.368. The van der Waals surface area contributed by atoms with Gasteiger partial charge in [-0.2, -0.15) is 0 Å². The van der Waals surface area contributed by atoms with Gasteiger partial charge < -0.3 is 20.1 Å². The fourth-order valence-corrected chi connectivity index (χ4v) is 2.27. The smallest absolute Gasteiger partial charge is 0.224 e. The Hall–Kier alpha value is -2.60. The summed E-state index contributed by atoms with van der Waals surface area (Å²) in [6.07, 6.45) is 1.67. The van der Waals surface area contributed by atoms with Crippen LogP contribution < -0.4 is 20.1 Å². The number of carbonyl (C=O) groups is 1. The number of hydrogen-bond donors (Lipinski definition) is 2. The summed E-state index contributed by atoms with van der Waals surface area (Å²) >= 11 is 0. The Bertz CT molecular complexity index is 674. The van der Waals surface area contributed by atoms with Crippen LogP contribution in [0.2, 0.25) is 0 Å². The fourth-order valence-electron chi connectivity index (χ4n) is 2.27. The van der Waals surface area contributed by atoms with Crippen molar-refractivity contribution >= 4 is 5.91 Å². The molecule has 1 unspecified atom stereocenters. The molecule has 0 radical (unpaired) electrons. The van der Waals surface area contributed by atoms with Crippen LogP contribution >= 0.6 is 0 Å². The highest BCUT2D eigenvalue weighted by Gasteiger charge is 2.11. The van der Waals surface area contributed by atoms with Gasteiger partial charge in [0.1, 0.15) is 11.5 Å². The van der Waals surface area contributed by atoms with Crippen LogP contribution in [0.15, 0.2) is 42.6 Å². The van der Waals surface area contributed by atoms with Crippen LogP contribution in [0.4, 0.5) is 0 Å². The molecule has 1 heterocycles. The Morgan fingerprint density at radius 1 is 1.20 bits per heavy atom. The van der Waals surface area contributed by atoms with Crippen LogP contribution in [-0.4, -0.2) is 31.1 Å². The number of benzene rings is 1. The summed E-state index contributed by atoms with van der Waals surface area (Å²) < 4.78 is 11.2. The highest BCUT2D eigenvalue weighted by atomic mass is 16.5. The highest BCUT2D eigenvalue weighted by molar-refractivity contribution is 5.78. The van der Waals surface area contributed by atoms with Crippen LogP contribution in [0.5, 0.6) is 17.4 Å². The Balaban J connectivity index is 1.93. The molecular weight excluding hydrogens is 318 g/mol. The van der Waals surface area contributed by atoms with Gasteiger partial charge in [-0.3, -0.25) is 4.79 Å². The standard InChI is InChI=1S/C19H25N3O3/c1-4-24-16-5-7-17(8-6-16)25-18-11-15(9-10-21-18)13-22-19(23)14(2)12-20-3/h5-11,14,20H,4,12-13H2,1-3H3,(H,22,23). The van der Waals surface area contributed by atoms with E-state index in [9.17, 15) is 4.79 Å². The maximum atomic E-state index is 12.0. The molecule has 0 aliphatic carbocycles. The van der Waals surface area contributed by atoms with Gasteiger partial charge in [-0.05, 0) is 49.9 Å². The summed E-state index contributed by atoms with van der Waals surface area (Å²) in [5, 5.41) is 5.91. The molecular formula is C19H25N3O3. The zero-order valence-electron chi connectivity index (χ0n) is 14.9. The van der Waals surface area contributed by atoms with E-state index in [0.29, 0.717) is 31.3 Å². The lowest BCUT2D eigenvalue weighted by atomic mass is 10.1. The van der Waals surface area contributed by atoms with Crippen molar-refractivity contribution in [3.8, 4) is 17.4 Å². The lowest BCUT2D eigenvalue weighted by Crippen LogP contribution is -2.33. The molecule has 25 heavy (non-hydrogen) atoms. The van der Waals surface area contributed by atoms with Gasteiger partial charge in [0.15, 0.2) is 0 Å². The van der Waals surface area contributed by atoms with E-state index in [2.05, 4.69) is 15.6 Å². The number of ether oxygens (including phenoxy) is 2. The van der Waals surface area contributed by atoms with Crippen molar-refractivity contribution in [2.24, 2.45) is 5.92 Å². The van der Waals surface area contributed by atoms with Crippen molar-refractivity contribution < 1.29 is 14.3 Å². The number of aromatic nitrogens is 1. The molecule has 0 aliphatic heterocycles. The van der Waals surface area contributed by atoms with Crippen LogP contribution in [0.3, 0.4) is 0 Å². The molecule has 0 bridgehead atoms.